The number of rotatable bonds is 8. The van der Waals surface area contributed by atoms with Crippen molar-refractivity contribution in [2.24, 2.45) is 0 Å². The molecular formula is C60H42N2Si. The maximum absolute atomic E-state index is 2.81. The lowest BCUT2D eigenvalue weighted by molar-refractivity contribution is 1.13. The summed E-state index contributed by atoms with van der Waals surface area (Å²) in [6, 6.07) is 94.3. The summed E-state index contributed by atoms with van der Waals surface area (Å²) in [5.74, 6) is 0. The third-order valence-corrected chi connectivity index (χ3v) is 17.8. The molecular weight excluding hydrogens is 777 g/mol. The van der Waals surface area contributed by atoms with Gasteiger partial charge in [-0.05, 0) is 79.4 Å². The van der Waals surface area contributed by atoms with Crippen LogP contribution in [0.4, 0.5) is 0 Å². The number of hydrogen-bond acceptors (Lipinski definition) is 0. The van der Waals surface area contributed by atoms with Gasteiger partial charge in [0.2, 0.25) is 0 Å². The van der Waals surface area contributed by atoms with Gasteiger partial charge in [-0.15, -0.1) is 0 Å². The summed E-state index contributed by atoms with van der Waals surface area (Å²) in [6.45, 7) is 0. The van der Waals surface area contributed by atoms with Gasteiger partial charge in [0.15, 0.2) is 8.07 Å². The highest BCUT2D eigenvalue weighted by molar-refractivity contribution is 7.20. The van der Waals surface area contributed by atoms with E-state index in [-0.39, 0.29) is 0 Å². The fourth-order valence-electron chi connectivity index (χ4n) is 10.3. The van der Waals surface area contributed by atoms with Crippen molar-refractivity contribution in [2.45, 2.75) is 0 Å². The predicted octanol–water partition coefficient (Wildman–Crippen LogP) is 12.6. The van der Waals surface area contributed by atoms with Crippen LogP contribution in [0.2, 0.25) is 0 Å². The lowest BCUT2D eigenvalue weighted by atomic mass is 10.00. The normalized spacial score (nSPS) is 11.8. The third-order valence-electron chi connectivity index (χ3n) is 13.1. The van der Waals surface area contributed by atoms with E-state index < -0.39 is 8.07 Å². The van der Waals surface area contributed by atoms with Crippen LogP contribution in [0.1, 0.15) is 0 Å². The predicted molar refractivity (Wildman–Crippen MR) is 270 cm³/mol. The zero-order chi connectivity index (χ0) is 41.7. The highest BCUT2D eigenvalue weighted by Gasteiger charge is 2.41. The van der Waals surface area contributed by atoms with Crippen molar-refractivity contribution in [2.75, 3.05) is 0 Å². The fraction of sp³-hybridized carbons (Fsp3) is 0. The Labute approximate surface area is 368 Å². The maximum atomic E-state index is 2.54. The quantitative estimate of drug-likeness (QED) is 0.107. The largest absolute Gasteiger partial charge is 0.307 e. The Morgan fingerprint density at radius 3 is 1.32 bits per heavy atom. The van der Waals surface area contributed by atoms with Gasteiger partial charge in [-0.25, -0.2) is 0 Å². The lowest BCUT2D eigenvalue weighted by Gasteiger charge is -2.34. The Morgan fingerprint density at radius 2 is 0.698 bits per heavy atom. The van der Waals surface area contributed by atoms with Gasteiger partial charge in [0.05, 0.1) is 27.8 Å². The SMILES string of the molecule is c1ccc(-c2ccc(-c3cccc(-n4c5ccccc5c5cccc(-n6c7ccccc7c7ccc([Si](c8ccccc8)(c8ccccc8)c8ccccc8)cc76)c54)c3)cc2)cc1. The van der Waals surface area contributed by atoms with Crippen LogP contribution in [0.25, 0.3) is 77.2 Å². The van der Waals surface area contributed by atoms with E-state index >= 15 is 0 Å². The number of fused-ring (bicyclic) bond motifs is 6. The first-order valence-electron chi connectivity index (χ1n) is 21.8. The van der Waals surface area contributed by atoms with Crippen LogP contribution in [0.3, 0.4) is 0 Å². The number of nitrogens with zero attached hydrogens (tertiary/aromatic N) is 2. The molecule has 0 spiro atoms. The second-order valence-corrected chi connectivity index (χ2v) is 20.3. The first kappa shape index (κ1) is 36.8. The molecule has 12 rings (SSSR count). The number of para-hydroxylation sites is 3. The van der Waals surface area contributed by atoms with Gasteiger partial charge in [-0.3, -0.25) is 0 Å². The van der Waals surface area contributed by atoms with E-state index in [4.69, 9.17) is 0 Å². The molecule has 0 unspecified atom stereocenters. The summed E-state index contributed by atoms with van der Waals surface area (Å²) in [5, 5.41) is 10.4. The van der Waals surface area contributed by atoms with Crippen molar-refractivity contribution in [3.8, 4) is 33.6 Å². The highest BCUT2D eigenvalue weighted by Crippen LogP contribution is 2.40. The van der Waals surface area contributed by atoms with Crippen LogP contribution >= 0.6 is 0 Å². The zero-order valence-corrected chi connectivity index (χ0v) is 35.6. The molecule has 296 valence electrons. The van der Waals surface area contributed by atoms with Crippen LogP contribution in [-0.4, -0.2) is 17.2 Å². The van der Waals surface area contributed by atoms with Gasteiger partial charge in [0.1, 0.15) is 0 Å². The molecule has 2 nitrogen and oxygen atoms in total. The summed E-state index contributed by atoms with van der Waals surface area (Å²) in [5.41, 5.74) is 11.8. The fourth-order valence-corrected chi connectivity index (χ4v) is 15.1. The smallest absolute Gasteiger partial charge is 0.179 e. The van der Waals surface area contributed by atoms with E-state index in [2.05, 4.69) is 264 Å². The van der Waals surface area contributed by atoms with Crippen molar-refractivity contribution in [3.05, 3.63) is 255 Å². The Morgan fingerprint density at radius 1 is 0.254 bits per heavy atom. The van der Waals surface area contributed by atoms with Crippen LogP contribution in [0, 0.1) is 0 Å². The van der Waals surface area contributed by atoms with Gasteiger partial charge in [-0.2, -0.15) is 0 Å². The Kier molecular flexibility index (Phi) is 8.87. The highest BCUT2D eigenvalue weighted by atomic mass is 28.3. The van der Waals surface area contributed by atoms with Crippen LogP contribution < -0.4 is 20.7 Å². The van der Waals surface area contributed by atoms with Crippen molar-refractivity contribution in [1.82, 2.24) is 9.13 Å². The maximum Gasteiger partial charge on any atom is 0.179 e. The Balaban J connectivity index is 1.12. The van der Waals surface area contributed by atoms with Crippen molar-refractivity contribution in [1.29, 1.82) is 0 Å². The van der Waals surface area contributed by atoms with Crippen LogP contribution in [0.15, 0.2) is 255 Å². The van der Waals surface area contributed by atoms with Gasteiger partial charge >= 0.3 is 0 Å². The molecule has 0 aliphatic rings. The second kappa shape index (κ2) is 15.2. The summed E-state index contributed by atoms with van der Waals surface area (Å²) in [4.78, 5) is 0. The van der Waals surface area contributed by atoms with E-state index in [0.717, 1.165) is 11.4 Å². The minimum Gasteiger partial charge on any atom is -0.307 e. The monoisotopic (exact) mass is 818 g/mol. The molecule has 12 aromatic rings. The molecule has 2 heterocycles. The number of aromatic nitrogens is 2. The van der Waals surface area contributed by atoms with E-state index in [9.17, 15) is 0 Å². The average Bonchev–Trinajstić information content (AvgIpc) is 3.89. The van der Waals surface area contributed by atoms with Crippen molar-refractivity contribution in [3.63, 3.8) is 0 Å². The zero-order valence-electron chi connectivity index (χ0n) is 34.6. The first-order chi connectivity index (χ1) is 31.3. The average molecular weight is 819 g/mol. The summed E-state index contributed by atoms with van der Waals surface area (Å²) < 4.78 is 5.03. The summed E-state index contributed by atoms with van der Waals surface area (Å²) >= 11 is 0. The molecule has 10 aromatic carbocycles. The van der Waals surface area contributed by atoms with Crippen LogP contribution in [0.5, 0.6) is 0 Å². The summed E-state index contributed by atoms with van der Waals surface area (Å²) in [6.07, 6.45) is 0. The molecule has 3 heteroatoms. The molecule has 0 aliphatic heterocycles. The molecule has 0 radical (unpaired) electrons. The molecule has 0 saturated heterocycles. The third kappa shape index (κ3) is 5.93. The molecule has 63 heavy (non-hydrogen) atoms. The lowest BCUT2D eigenvalue weighted by Crippen LogP contribution is -2.74. The molecule has 0 N–H and O–H groups in total. The van der Waals surface area contributed by atoms with Crippen molar-refractivity contribution >= 4 is 72.4 Å². The van der Waals surface area contributed by atoms with Gasteiger partial charge in [-0.1, -0.05) is 218 Å². The minimum atomic E-state index is -2.81. The van der Waals surface area contributed by atoms with Crippen LogP contribution in [-0.2, 0) is 0 Å². The second-order valence-electron chi connectivity index (χ2n) is 16.5. The van der Waals surface area contributed by atoms with E-state index in [1.807, 2.05) is 0 Å². The van der Waals surface area contributed by atoms with Gasteiger partial charge in [0, 0.05) is 27.2 Å². The Bertz CT molecular complexity index is 3490. The van der Waals surface area contributed by atoms with E-state index in [1.165, 1.54) is 86.6 Å². The Hall–Kier alpha value is -7.98. The minimum absolute atomic E-state index is 1.13. The van der Waals surface area contributed by atoms with Crippen molar-refractivity contribution < 1.29 is 0 Å². The number of benzene rings is 10. The molecule has 0 amide bonds. The molecule has 0 atom stereocenters. The molecule has 0 aliphatic carbocycles. The molecule has 0 saturated carbocycles. The standard InChI is InChI=1S/C60H42N2Si/c1-5-19-43(20-6-1)44-35-37-45(38-36-44)46-21-17-22-47(41-46)61-56-32-15-14-30-53(56)55-31-18-34-58(60(55)61)62-57-33-16-13-29-52(57)54-40-39-51(42-59(54)62)63(48-23-7-2-8-24-48,49-25-9-3-10-26-49)50-27-11-4-12-28-50/h1-42H. The van der Waals surface area contributed by atoms with Gasteiger partial charge < -0.3 is 9.13 Å². The molecule has 2 aromatic heterocycles. The van der Waals surface area contributed by atoms with E-state index in [0.29, 0.717) is 0 Å². The first-order valence-corrected chi connectivity index (χ1v) is 23.8. The molecule has 0 fully saturated rings. The van der Waals surface area contributed by atoms with Gasteiger partial charge in [0.25, 0.3) is 0 Å². The summed E-state index contributed by atoms with van der Waals surface area (Å²) in [7, 11) is -2.81. The molecule has 0 bridgehead atoms. The number of hydrogen-bond donors (Lipinski definition) is 0. The topological polar surface area (TPSA) is 9.86 Å². The van der Waals surface area contributed by atoms with E-state index in [1.54, 1.807) is 0 Å².